The molecule has 3 aliphatic rings. The molecule has 1 aromatic rings. The Bertz CT molecular complexity index is 1330. The highest BCUT2D eigenvalue weighted by molar-refractivity contribution is 7.88. The quantitative estimate of drug-likeness (QED) is 0.350. The van der Waals surface area contributed by atoms with E-state index in [1.165, 1.54) is 4.31 Å². The Hall–Kier alpha value is -1.97. The van der Waals surface area contributed by atoms with Crippen LogP contribution in [0.4, 0.5) is 0 Å². The summed E-state index contributed by atoms with van der Waals surface area (Å²) in [4.78, 5) is 31.4. The minimum atomic E-state index is -3.52. The largest absolute Gasteiger partial charge is 0.457 e. The van der Waals surface area contributed by atoms with Crippen LogP contribution in [0.15, 0.2) is 30.3 Å². The first kappa shape index (κ1) is 44.2. The molecule has 3 heterocycles. The van der Waals surface area contributed by atoms with Crippen LogP contribution in [0.25, 0.3) is 0 Å². The number of ketones is 1. The third-order valence-electron chi connectivity index (χ3n) is 10.5. The van der Waals surface area contributed by atoms with Gasteiger partial charge >= 0.3 is 5.97 Å². The van der Waals surface area contributed by atoms with E-state index >= 15 is 0 Å². The Morgan fingerprint density at radius 2 is 1.62 bits per heavy atom. The summed E-state index contributed by atoms with van der Waals surface area (Å²) in [6.07, 6.45) is 3.42. The molecule has 0 radical (unpaired) electrons. The lowest BCUT2D eigenvalue weighted by atomic mass is 9.76. The van der Waals surface area contributed by atoms with Crippen molar-refractivity contribution < 1.29 is 44.2 Å². The maximum Gasteiger partial charge on any atom is 0.319 e. The zero-order valence-electron chi connectivity index (χ0n) is 32.1. The van der Waals surface area contributed by atoms with Crippen LogP contribution >= 0.6 is 0 Å². The number of aliphatic hydroxyl groups is 1. The van der Waals surface area contributed by atoms with E-state index < -0.39 is 38.9 Å². The molecule has 3 N–H and O–H groups in total. The molecular weight excluding hydrogens is 662 g/mol. The number of nitrogens with zero attached hydrogens (tertiary/aromatic N) is 3. The summed E-state index contributed by atoms with van der Waals surface area (Å²) in [5.74, 6) is -0.872. The zero-order valence-corrected chi connectivity index (χ0v) is 32.9. The van der Waals surface area contributed by atoms with E-state index in [4.69, 9.17) is 14.2 Å². The van der Waals surface area contributed by atoms with Crippen molar-refractivity contribution in [2.75, 3.05) is 54.4 Å². The second-order valence-electron chi connectivity index (χ2n) is 16.0. The molecule has 1 aromatic carbocycles. The van der Waals surface area contributed by atoms with E-state index in [1.807, 2.05) is 72.2 Å². The van der Waals surface area contributed by atoms with Crippen LogP contribution < -0.4 is 0 Å². The summed E-state index contributed by atoms with van der Waals surface area (Å²) in [7, 11) is 4.25. The SMILES string of the molecule is CO[C@@]1(C)CC(C)C(=O)C(C)(C)C(=O)OC2(CCN(S(=O)(=O)Cc3ccccc3)CC2)CN(C)C[C@H](C)C1.C[C@@H]1C[C@H](N(C)C)C[C@H](O)O1.O.[HH]. The average Bonchev–Trinajstić information content (AvgIpc) is 3.00. The lowest BCUT2D eigenvalue weighted by molar-refractivity contribution is -0.179. The molecule has 1 spiro atoms. The van der Waals surface area contributed by atoms with Gasteiger partial charge in [0.1, 0.15) is 11.0 Å². The number of esters is 1. The number of hydrogen-bond donors (Lipinski definition) is 1. The van der Waals surface area contributed by atoms with Crippen LogP contribution in [0.3, 0.4) is 0 Å². The Balaban J connectivity index is 0.000000855. The van der Waals surface area contributed by atoms with Crippen LogP contribution in [-0.2, 0) is 39.6 Å². The average molecular weight is 730 g/mol. The molecule has 4 rings (SSSR count). The van der Waals surface area contributed by atoms with E-state index in [2.05, 4.69) is 16.7 Å². The molecule has 0 bridgehead atoms. The highest BCUT2D eigenvalue weighted by Gasteiger charge is 2.48. The topological polar surface area (TPSA) is 157 Å². The van der Waals surface area contributed by atoms with Crippen molar-refractivity contribution >= 4 is 21.8 Å². The van der Waals surface area contributed by atoms with Gasteiger partial charge in [0.15, 0.2) is 12.1 Å². The summed E-state index contributed by atoms with van der Waals surface area (Å²) in [5.41, 5.74) is -1.94. The van der Waals surface area contributed by atoms with E-state index in [9.17, 15) is 23.1 Å². The number of carbonyl (C=O) groups is 2. The highest BCUT2D eigenvalue weighted by Crippen LogP contribution is 2.37. The van der Waals surface area contributed by atoms with E-state index in [0.717, 1.165) is 31.4 Å². The van der Waals surface area contributed by atoms with Gasteiger partial charge in [0.2, 0.25) is 10.0 Å². The number of likely N-dealkylation sites (N-methyl/N-ethyl adjacent to an activating group) is 1. The number of aliphatic hydroxyl groups excluding tert-OH is 1. The molecule has 0 aromatic heterocycles. The number of carbonyl (C=O) groups excluding carboxylic acids is 2. The third-order valence-corrected chi connectivity index (χ3v) is 12.3. The smallest absolute Gasteiger partial charge is 0.319 e. The van der Waals surface area contributed by atoms with Gasteiger partial charge in [0.25, 0.3) is 0 Å². The van der Waals surface area contributed by atoms with Crippen LogP contribution in [0, 0.1) is 17.3 Å². The summed E-state index contributed by atoms with van der Waals surface area (Å²) in [5, 5.41) is 9.25. The lowest BCUT2D eigenvalue weighted by Crippen LogP contribution is -2.56. The fourth-order valence-corrected chi connectivity index (χ4v) is 9.31. The van der Waals surface area contributed by atoms with Gasteiger partial charge in [0.05, 0.1) is 17.5 Å². The van der Waals surface area contributed by atoms with Crippen LogP contribution in [0.5, 0.6) is 0 Å². The molecule has 6 atom stereocenters. The third kappa shape index (κ3) is 12.0. The Kier molecular flexibility index (Phi) is 16.1. The van der Waals surface area contributed by atoms with Crippen molar-refractivity contribution in [3.8, 4) is 0 Å². The van der Waals surface area contributed by atoms with Crippen molar-refractivity contribution in [3.63, 3.8) is 0 Å². The van der Waals surface area contributed by atoms with Gasteiger partial charge in [0, 0.05) is 65.9 Å². The van der Waals surface area contributed by atoms with Crippen molar-refractivity contribution in [3.05, 3.63) is 35.9 Å². The van der Waals surface area contributed by atoms with Crippen LogP contribution in [-0.4, -0.2) is 129 Å². The van der Waals surface area contributed by atoms with E-state index in [-0.39, 0.29) is 49.5 Å². The summed E-state index contributed by atoms with van der Waals surface area (Å²) in [6.45, 7) is 13.1. The van der Waals surface area contributed by atoms with E-state index in [0.29, 0.717) is 31.8 Å². The van der Waals surface area contributed by atoms with Crippen molar-refractivity contribution in [2.45, 2.75) is 115 Å². The minimum absolute atomic E-state index is 0. The van der Waals surface area contributed by atoms with Crippen LogP contribution in [0.2, 0.25) is 0 Å². The predicted octanol–water partition coefficient (Wildman–Crippen LogP) is 3.75. The maximum atomic E-state index is 13.6. The lowest BCUT2D eigenvalue weighted by Gasteiger charge is -2.44. The number of hydrogen-bond acceptors (Lipinski definition) is 10. The Labute approximate surface area is 302 Å². The summed E-state index contributed by atoms with van der Waals surface area (Å²) >= 11 is 0. The first-order chi connectivity index (χ1) is 22.7. The van der Waals surface area contributed by atoms with Gasteiger partial charge in [-0.15, -0.1) is 0 Å². The number of ether oxygens (including phenoxy) is 3. The molecule has 12 nitrogen and oxygen atoms in total. The minimum Gasteiger partial charge on any atom is -0.457 e. The van der Waals surface area contributed by atoms with E-state index in [1.54, 1.807) is 21.0 Å². The molecule has 3 aliphatic heterocycles. The molecule has 3 fully saturated rings. The number of sulfonamides is 1. The molecule has 1 unspecified atom stereocenters. The van der Waals surface area contributed by atoms with Crippen molar-refractivity contribution in [2.24, 2.45) is 17.3 Å². The van der Waals surface area contributed by atoms with Gasteiger partial charge in [-0.25, -0.2) is 12.7 Å². The van der Waals surface area contributed by atoms with Crippen molar-refractivity contribution in [1.29, 1.82) is 0 Å². The molecular formula is C37H67N3O9S. The molecule has 0 aliphatic carbocycles. The molecule has 13 heteroatoms. The van der Waals surface area contributed by atoms with Gasteiger partial charge in [-0.3, -0.25) is 9.59 Å². The second-order valence-corrected chi connectivity index (χ2v) is 17.9. The monoisotopic (exact) mass is 729 g/mol. The van der Waals surface area contributed by atoms with Gasteiger partial charge in [-0.05, 0) is 79.6 Å². The summed E-state index contributed by atoms with van der Waals surface area (Å²) < 4.78 is 45.1. The maximum absolute atomic E-state index is 13.6. The van der Waals surface area contributed by atoms with Gasteiger partial charge in [-0.1, -0.05) is 44.2 Å². The molecule has 0 amide bonds. The van der Waals surface area contributed by atoms with Gasteiger partial charge < -0.3 is 34.6 Å². The molecule has 290 valence electrons. The van der Waals surface area contributed by atoms with Gasteiger partial charge in [-0.2, -0.15) is 0 Å². The summed E-state index contributed by atoms with van der Waals surface area (Å²) in [6, 6.07) is 9.61. The Morgan fingerprint density at radius 3 is 2.16 bits per heavy atom. The van der Waals surface area contributed by atoms with Crippen LogP contribution in [0.1, 0.15) is 87.1 Å². The normalized spacial score (nSPS) is 31.6. The Morgan fingerprint density at radius 1 is 1.02 bits per heavy atom. The standard InChI is InChI=1S/C29H46N2O6S.C8H17NO2.H2O.H2/c1-22-17-28(5,36-7)18-23(2)25(32)27(3,4)26(33)37-29(21-30(6)19-22)13-15-31(16-14-29)38(34,35)20-24-11-9-8-10-12-24;1-6-4-7(9(2)3)5-8(10)11-6;;/h8-12,22-23H,13-21H2,1-7H3;6-8,10H,4-5H2,1-3H3;1H2;1H/t22-,23?,28-;6-,7+,8-;;/m11../s1. The number of benzene rings is 1. The second kappa shape index (κ2) is 18.2. The first-order valence-corrected chi connectivity index (χ1v) is 19.3. The number of rotatable bonds is 5. The highest BCUT2D eigenvalue weighted by atomic mass is 32.2. The predicted molar refractivity (Wildman–Crippen MR) is 197 cm³/mol. The zero-order chi connectivity index (χ0) is 36.8. The number of piperidine rings is 1. The fraction of sp³-hybridized carbons (Fsp3) is 0.784. The molecule has 3 saturated heterocycles. The fourth-order valence-electron chi connectivity index (χ4n) is 7.77. The van der Waals surface area contributed by atoms with Crippen molar-refractivity contribution in [1.82, 2.24) is 14.1 Å². The first-order valence-electron chi connectivity index (χ1n) is 17.7. The number of methoxy groups -OCH3 is 1. The number of Topliss-reactive ketones (excluding diaryl/α,β-unsaturated/α-hetero) is 1. The molecule has 0 saturated carbocycles. The molecule has 50 heavy (non-hydrogen) atoms.